The summed E-state index contributed by atoms with van der Waals surface area (Å²) in [5.74, 6) is 0.594. The van der Waals surface area contributed by atoms with Gasteiger partial charge in [0.25, 0.3) is 11.8 Å². The van der Waals surface area contributed by atoms with Crippen molar-refractivity contribution >= 4 is 23.2 Å². The molecule has 1 aliphatic rings. The fourth-order valence-corrected chi connectivity index (χ4v) is 3.64. The maximum absolute atomic E-state index is 13.4. The van der Waals surface area contributed by atoms with Crippen molar-refractivity contribution in [2.75, 3.05) is 24.4 Å². The van der Waals surface area contributed by atoms with E-state index in [4.69, 9.17) is 9.47 Å². The van der Waals surface area contributed by atoms with Crippen LogP contribution in [0.5, 0.6) is 11.5 Å². The first kappa shape index (κ1) is 19.4. The highest BCUT2D eigenvalue weighted by atomic mass is 16.5. The van der Waals surface area contributed by atoms with Gasteiger partial charge in [0, 0.05) is 29.6 Å². The molecule has 2 heterocycles. The number of amides is 2. The van der Waals surface area contributed by atoms with Gasteiger partial charge >= 0.3 is 0 Å². The van der Waals surface area contributed by atoms with Crippen LogP contribution < -0.4 is 24.3 Å². The molecule has 7 nitrogen and oxygen atoms in total. The van der Waals surface area contributed by atoms with Crippen LogP contribution in [0, 0.1) is 0 Å². The monoisotopic (exact) mass is 404 g/mol. The molecule has 1 aromatic heterocycles. The van der Waals surface area contributed by atoms with Crippen molar-refractivity contribution in [3.8, 4) is 11.5 Å². The number of hydrogen-bond acceptors (Lipinski definition) is 4. The number of fused-ring (bicyclic) bond motifs is 1. The van der Waals surface area contributed by atoms with Gasteiger partial charge in [-0.1, -0.05) is 24.3 Å². The Morgan fingerprint density at radius 3 is 2.47 bits per heavy atom. The third-order valence-corrected chi connectivity index (χ3v) is 5.02. The Labute approximate surface area is 174 Å². The zero-order chi connectivity index (χ0) is 21.1. The van der Waals surface area contributed by atoms with Gasteiger partial charge < -0.3 is 14.8 Å². The summed E-state index contributed by atoms with van der Waals surface area (Å²) in [4.78, 5) is 28.0. The van der Waals surface area contributed by atoms with Crippen LogP contribution in [-0.2, 0) is 16.1 Å². The number of methoxy groups -OCH3 is 2. The quantitative estimate of drug-likeness (QED) is 0.664. The molecule has 0 saturated heterocycles. The van der Waals surface area contributed by atoms with Crippen molar-refractivity contribution in [1.29, 1.82) is 0 Å². The second-order valence-corrected chi connectivity index (χ2v) is 6.81. The Morgan fingerprint density at radius 1 is 1.00 bits per heavy atom. The van der Waals surface area contributed by atoms with Crippen LogP contribution in [0.1, 0.15) is 11.7 Å². The lowest BCUT2D eigenvalue weighted by Crippen LogP contribution is -2.58. The van der Waals surface area contributed by atoms with Crippen LogP contribution in [0.25, 0.3) is 0 Å². The normalized spacial score (nSPS) is 15.3. The molecular weight excluding hydrogens is 382 g/mol. The van der Waals surface area contributed by atoms with Gasteiger partial charge in [-0.2, -0.15) is 4.57 Å². The standard InChI is InChI=1S/C23H21N3O4/c1-29-19-12-11-16(14-20(19)30-2)24-23(28)22-18-10-6-7-13-25(18)15-21(27)26(22)17-8-4-3-5-9-17/h3-14,22H,15H2,1-2H3/p+1/t22-/m0/s1. The van der Waals surface area contributed by atoms with Gasteiger partial charge in [0.05, 0.1) is 14.2 Å². The lowest BCUT2D eigenvalue weighted by molar-refractivity contribution is -0.695. The molecule has 1 N–H and O–H groups in total. The number of hydrogen-bond donors (Lipinski definition) is 1. The molecule has 3 aromatic rings. The van der Waals surface area contributed by atoms with E-state index >= 15 is 0 Å². The van der Waals surface area contributed by atoms with E-state index in [1.807, 2.05) is 54.7 Å². The van der Waals surface area contributed by atoms with Gasteiger partial charge in [0.1, 0.15) is 0 Å². The summed E-state index contributed by atoms with van der Waals surface area (Å²) in [5, 5.41) is 2.92. The van der Waals surface area contributed by atoms with Crippen molar-refractivity contribution in [1.82, 2.24) is 0 Å². The Bertz CT molecular complexity index is 1080. The molecule has 1 aliphatic heterocycles. The molecule has 0 fully saturated rings. The largest absolute Gasteiger partial charge is 0.493 e. The van der Waals surface area contributed by atoms with Gasteiger partial charge in [-0.3, -0.25) is 14.5 Å². The summed E-state index contributed by atoms with van der Waals surface area (Å²) in [6.45, 7) is 0.172. The highest BCUT2D eigenvalue weighted by molar-refractivity contribution is 6.05. The van der Waals surface area contributed by atoms with E-state index in [0.717, 1.165) is 5.69 Å². The molecule has 4 rings (SSSR count). The number of aromatic nitrogens is 1. The number of carbonyl (C=O) groups is 2. The molecule has 0 unspecified atom stereocenters. The smallest absolute Gasteiger partial charge is 0.294 e. The molecule has 0 aliphatic carbocycles. The SMILES string of the molecule is COc1ccc(NC(=O)[C@@H]2c3cccc[n+]3CC(=O)N2c2ccccc2)cc1OC. The Morgan fingerprint density at radius 2 is 1.73 bits per heavy atom. The third kappa shape index (κ3) is 3.57. The predicted molar refractivity (Wildman–Crippen MR) is 111 cm³/mol. The average molecular weight is 404 g/mol. The first-order chi connectivity index (χ1) is 14.6. The first-order valence-corrected chi connectivity index (χ1v) is 9.50. The molecule has 0 saturated carbocycles. The number of pyridine rings is 1. The van der Waals surface area contributed by atoms with Crippen molar-refractivity contribution in [2.24, 2.45) is 0 Å². The fourth-order valence-electron chi connectivity index (χ4n) is 3.64. The zero-order valence-electron chi connectivity index (χ0n) is 16.7. The maximum atomic E-state index is 13.4. The van der Waals surface area contributed by atoms with Crippen LogP contribution in [-0.4, -0.2) is 26.0 Å². The van der Waals surface area contributed by atoms with Crippen LogP contribution in [0.4, 0.5) is 11.4 Å². The molecular formula is C23H22N3O4+. The van der Waals surface area contributed by atoms with E-state index in [-0.39, 0.29) is 18.4 Å². The molecule has 30 heavy (non-hydrogen) atoms. The van der Waals surface area contributed by atoms with Crippen LogP contribution in [0.15, 0.2) is 72.9 Å². The van der Waals surface area contributed by atoms with Crippen molar-refractivity contribution in [3.63, 3.8) is 0 Å². The van der Waals surface area contributed by atoms with Crippen molar-refractivity contribution in [2.45, 2.75) is 12.6 Å². The minimum Gasteiger partial charge on any atom is -0.493 e. The Balaban J connectivity index is 1.73. The second kappa shape index (κ2) is 8.24. The topological polar surface area (TPSA) is 71.8 Å². The van der Waals surface area contributed by atoms with Gasteiger partial charge in [-0.15, -0.1) is 0 Å². The molecule has 0 radical (unpaired) electrons. The number of para-hydroxylation sites is 1. The summed E-state index contributed by atoms with van der Waals surface area (Å²) in [5.41, 5.74) is 1.95. The van der Waals surface area contributed by atoms with E-state index in [1.165, 1.54) is 7.11 Å². The van der Waals surface area contributed by atoms with Gasteiger partial charge in [0.15, 0.2) is 17.7 Å². The minimum absolute atomic E-state index is 0.155. The number of nitrogens with one attached hydrogen (secondary N) is 1. The Kier molecular flexibility index (Phi) is 5.34. The molecule has 0 spiro atoms. The minimum atomic E-state index is -0.817. The van der Waals surface area contributed by atoms with Crippen LogP contribution >= 0.6 is 0 Å². The maximum Gasteiger partial charge on any atom is 0.294 e. The molecule has 1 atom stereocenters. The zero-order valence-corrected chi connectivity index (χ0v) is 16.7. The summed E-state index contributed by atoms with van der Waals surface area (Å²) in [7, 11) is 3.09. The van der Waals surface area contributed by atoms with E-state index in [2.05, 4.69) is 5.32 Å². The van der Waals surface area contributed by atoms with Crippen LogP contribution in [0.3, 0.4) is 0 Å². The molecule has 2 amide bonds. The predicted octanol–water partition coefficient (Wildman–Crippen LogP) is 2.72. The summed E-state index contributed by atoms with van der Waals surface area (Å²) < 4.78 is 12.4. The Hall–Kier alpha value is -3.87. The van der Waals surface area contributed by atoms with Crippen molar-refractivity contribution in [3.05, 3.63) is 78.6 Å². The number of rotatable bonds is 5. The molecule has 152 valence electrons. The lowest BCUT2D eigenvalue weighted by atomic mass is 10.0. The number of carbonyl (C=O) groups excluding carboxylic acids is 2. The number of nitrogens with zero attached hydrogens (tertiary/aromatic N) is 2. The van der Waals surface area contributed by atoms with E-state index in [1.54, 1.807) is 34.8 Å². The summed E-state index contributed by atoms with van der Waals surface area (Å²) in [6.07, 6.45) is 1.81. The van der Waals surface area contributed by atoms with E-state index in [0.29, 0.717) is 22.9 Å². The fraction of sp³-hybridized carbons (Fsp3) is 0.174. The van der Waals surface area contributed by atoms with Gasteiger partial charge in [0.2, 0.25) is 18.3 Å². The highest BCUT2D eigenvalue weighted by Gasteiger charge is 2.43. The summed E-state index contributed by atoms with van der Waals surface area (Å²) in [6, 6.07) is 19.1. The van der Waals surface area contributed by atoms with Gasteiger partial charge in [-0.25, -0.2) is 0 Å². The molecule has 7 heteroatoms. The second-order valence-electron chi connectivity index (χ2n) is 6.81. The van der Waals surface area contributed by atoms with Crippen molar-refractivity contribution < 1.29 is 23.6 Å². The van der Waals surface area contributed by atoms with E-state index in [9.17, 15) is 9.59 Å². The van der Waals surface area contributed by atoms with E-state index < -0.39 is 6.04 Å². The lowest BCUT2D eigenvalue weighted by Gasteiger charge is -2.32. The van der Waals surface area contributed by atoms with Crippen LogP contribution in [0.2, 0.25) is 0 Å². The number of benzene rings is 2. The number of anilines is 2. The average Bonchev–Trinajstić information content (AvgIpc) is 2.78. The number of ether oxygens (including phenoxy) is 2. The van der Waals surface area contributed by atoms with Gasteiger partial charge in [-0.05, 0) is 24.3 Å². The molecule has 0 bridgehead atoms. The molecule has 2 aromatic carbocycles. The third-order valence-electron chi connectivity index (χ3n) is 5.02. The summed E-state index contributed by atoms with van der Waals surface area (Å²) >= 11 is 0. The first-order valence-electron chi connectivity index (χ1n) is 9.50. The highest BCUT2D eigenvalue weighted by Crippen LogP contribution is 2.32.